The normalized spacial score (nSPS) is 15.8. The lowest BCUT2D eigenvalue weighted by molar-refractivity contribution is 1.11. The molecule has 0 radical (unpaired) electrons. The summed E-state index contributed by atoms with van der Waals surface area (Å²) in [5.74, 6) is 0. The second-order valence-corrected chi connectivity index (χ2v) is 2.84. The summed E-state index contributed by atoms with van der Waals surface area (Å²) in [6.45, 7) is 2.16. The third kappa shape index (κ3) is 4.86. The molecule has 0 aliphatic carbocycles. The van der Waals surface area contributed by atoms with Gasteiger partial charge in [-0.1, -0.05) is 13.3 Å². The first-order valence-electron chi connectivity index (χ1n) is 2.31. The zero-order valence-corrected chi connectivity index (χ0v) is 5.41. The van der Waals surface area contributed by atoms with Crippen molar-refractivity contribution in [1.82, 2.24) is 0 Å². The fourth-order valence-electron chi connectivity index (χ4n) is 0.125. The minimum absolute atomic E-state index is 0.442. The summed E-state index contributed by atoms with van der Waals surface area (Å²) in [7, 11) is 1.35. The van der Waals surface area contributed by atoms with Gasteiger partial charge >= 0.3 is 0 Å². The van der Waals surface area contributed by atoms with E-state index >= 15 is 0 Å². The Morgan fingerprint density at radius 2 is 3.00 bits per heavy atom. The average Bonchev–Trinajstić information content (AvgIpc) is 1.61. The first-order chi connectivity index (χ1) is 2.91. The summed E-state index contributed by atoms with van der Waals surface area (Å²) in [5, 5.41) is 0. The van der Waals surface area contributed by atoms with E-state index in [-0.39, 0.29) is 0 Å². The van der Waals surface area contributed by atoms with Crippen LogP contribution in [0.4, 0.5) is 0 Å². The van der Waals surface area contributed by atoms with Crippen molar-refractivity contribution < 1.29 is 0 Å². The monoisotopic (exact) mass is 110 g/mol. The molecule has 0 aromatic rings. The Morgan fingerprint density at radius 1 is 2.20 bits per heavy atom. The maximum absolute atomic E-state index is 6.75. The lowest BCUT2D eigenvalue weighted by Gasteiger charge is -1.80. The fraction of sp³-hybridized carbons (Fsp3) is 1.00. The van der Waals surface area contributed by atoms with Crippen LogP contribution in [0.3, 0.4) is 0 Å². The minimum atomic E-state index is 0.442. The largest absolute Gasteiger partial charge is 0.114 e. The first kappa shape index (κ1) is 4.03. The van der Waals surface area contributed by atoms with Crippen molar-refractivity contribution in [3.63, 3.8) is 0 Å². The van der Waals surface area contributed by atoms with Crippen molar-refractivity contribution in [1.29, 1.82) is 1.28 Å². The standard InChI is InChI=1S/C3H10P2/c1-2-3-5-4/h5H,2-4H2,1H3/i4T. The molecule has 2 heteroatoms. The molecule has 0 fully saturated rings. The van der Waals surface area contributed by atoms with Crippen molar-refractivity contribution in [3.05, 3.63) is 0 Å². The van der Waals surface area contributed by atoms with Gasteiger partial charge in [0.2, 0.25) is 0 Å². The van der Waals surface area contributed by atoms with Crippen LogP contribution >= 0.6 is 17.1 Å². The molecule has 32 valence electrons. The number of hydrogen-bond acceptors (Lipinski definition) is 0. The maximum Gasteiger partial charge on any atom is 0.0591 e. The predicted molar refractivity (Wildman–Crippen MR) is 33.2 cm³/mol. The van der Waals surface area contributed by atoms with Crippen LogP contribution in [-0.2, 0) is 0 Å². The van der Waals surface area contributed by atoms with Gasteiger partial charge in [0, 0.05) is 0 Å². The Labute approximate surface area is 38.9 Å². The average molecular weight is 110 g/mol. The van der Waals surface area contributed by atoms with Gasteiger partial charge in [-0.05, 0) is 6.16 Å². The van der Waals surface area contributed by atoms with Crippen molar-refractivity contribution in [3.8, 4) is 0 Å². The summed E-state index contributed by atoms with van der Waals surface area (Å²) in [5.41, 5.74) is 0. The summed E-state index contributed by atoms with van der Waals surface area (Å²) >= 11 is 0. The molecular weight excluding hydrogens is 98.0 g/mol. The van der Waals surface area contributed by atoms with E-state index < -0.39 is 0 Å². The van der Waals surface area contributed by atoms with Gasteiger partial charge in [0.05, 0.1) is 1.28 Å². The van der Waals surface area contributed by atoms with Crippen molar-refractivity contribution >= 4 is 17.1 Å². The molecule has 0 aliphatic heterocycles. The quantitative estimate of drug-likeness (QED) is 0.384. The molecule has 0 heterocycles. The predicted octanol–water partition coefficient (Wildman–Crippen LogP) is 1.86. The summed E-state index contributed by atoms with van der Waals surface area (Å²) in [6.07, 6.45) is 2.52. The van der Waals surface area contributed by atoms with Crippen LogP contribution in [0.1, 0.15) is 13.3 Å². The highest BCUT2D eigenvalue weighted by Crippen LogP contribution is 2.19. The molecule has 0 saturated heterocycles. The minimum Gasteiger partial charge on any atom is -0.114 e. The van der Waals surface area contributed by atoms with E-state index in [0.717, 1.165) is 8.27 Å². The van der Waals surface area contributed by atoms with Crippen LogP contribution in [0.25, 0.3) is 0 Å². The first-order valence-corrected chi connectivity index (χ1v) is 4.52. The van der Waals surface area contributed by atoms with E-state index in [9.17, 15) is 0 Å². The molecule has 0 spiro atoms. The molecule has 5 heavy (non-hydrogen) atoms. The summed E-state index contributed by atoms with van der Waals surface area (Å²) in [6, 6.07) is 0. The van der Waals surface area contributed by atoms with Crippen LogP contribution in [0.15, 0.2) is 0 Å². The van der Waals surface area contributed by atoms with Crippen molar-refractivity contribution in [2.45, 2.75) is 13.3 Å². The third-order valence-corrected chi connectivity index (χ3v) is 1.87. The van der Waals surface area contributed by atoms with Gasteiger partial charge in [-0.15, -0.1) is 17.1 Å². The highest BCUT2D eigenvalue weighted by Gasteiger charge is 1.67. The van der Waals surface area contributed by atoms with Crippen LogP contribution in [-0.4, -0.2) is 7.44 Å². The molecular formula is C3H10P2. The van der Waals surface area contributed by atoms with Crippen molar-refractivity contribution in [2.75, 3.05) is 6.16 Å². The molecule has 2 atom stereocenters. The van der Waals surface area contributed by atoms with Gasteiger partial charge in [0.25, 0.3) is 0 Å². The Bertz CT molecular complexity index is 20.8. The van der Waals surface area contributed by atoms with Gasteiger partial charge < -0.3 is 0 Å². The zero-order chi connectivity index (χ0) is 4.83. The number of hydrogen-bond donors (Lipinski definition) is 0. The van der Waals surface area contributed by atoms with Gasteiger partial charge in [0.1, 0.15) is 0 Å². The third-order valence-electron chi connectivity index (χ3n) is 0.375. The van der Waals surface area contributed by atoms with E-state index in [4.69, 9.17) is 1.28 Å². The second-order valence-electron chi connectivity index (χ2n) is 0.927. The van der Waals surface area contributed by atoms with E-state index in [0.29, 0.717) is 8.87 Å². The maximum atomic E-state index is 6.75. The molecule has 0 aliphatic rings. The molecule has 0 aromatic heterocycles. The van der Waals surface area contributed by atoms with Crippen LogP contribution in [0.5, 0.6) is 0 Å². The Balaban J connectivity index is 2.34. The lowest BCUT2D eigenvalue weighted by atomic mass is 10.6. The summed E-state index contributed by atoms with van der Waals surface area (Å²) < 4.78 is 6.75. The van der Waals surface area contributed by atoms with Gasteiger partial charge in [0.15, 0.2) is 0 Å². The highest BCUT2D eigenvalue weighted by molar-refractivity contribution is 8.02. The molecule has 0 amide bonds. The molecule has 0 bridgehead atoms. The SMILES string of the molecule is [3H]PPCCC. The highest BCUT2D eigenvalue weighted by atomic mass is 32.0. The molecule has 0 nitrogen and oxygen atoms in total. The second kappa shape index (κ2) is 4.86. The Hall–Kier alpha value is 0.860. The molecule has 0 rings (SSSR count). The van der Waals surface area contributed by atoms with E-state index in [1.54, 1.807) is 0 Å². The van der Waals surface area contributed by atoms with E-state index in [1.807, 2.05) is 0 Å². The topological polar surface area (TPSA) is 0 Å². The lowest BCUT2D eigenvalue weighted by Crippen LogP contribution is -1.57. The zero-order valence-electron chi connectivity index (χ0n) is 4.41. The Morgan fingerprint density at radius 3 is 3.20 bits per heavy atom. The van der Waals surface area contributed by atoms with Crippen LogP contribution in [0, 0.1) is 0 Å². The molecule has 0 N–H and O–H groups in total. The van der Waals surface area contributed by atoms with Gasteiger partial charge in [-0.2, -0.15) is 0 Å². The smallest absolute Gasteiger partial charge is 0.0591 e. The van der Waals surface area contributed by atoms with Crippen LogP contribution in [0.2, 0.25) is 0 Å². The number of rotatable bonds is 3. The van der Waals surface area contributed by atoms with E-state index in [2.05, 4.69) is 6.92 Å². The van der Waals surface area contributed by atoms with Crippen LogP contribution < -0.4 is 0 Å². The molecule has 2 unspecified atom stereocenters. The summed E-state index contributed by atoms with van der Waals surface area (Å²) in [4.78, 5) is 0. The van der Waals surface area contributed by atoms with Gasteiger partial charge in [-0.25, -0.2) is 0 Å². The van der Waals surface area contributed by atoms with Crippen molar-refractivity contribution in [2.24, 2.45) is 0 Å². The molecule has 0 saturated carbocycles. The fourth-order valence-corrected chi connectivity index (χ4v) is 1.12. The van der Waals surface area contributed by atoms with E-state index in [1.165, 1.54) is 12.6 Å². The molecule has 0 aromatic carbocycles. The Kier molecular flexibility index (Phi) is 3.92. The van der Waals surface area contributed by atoms with Gasteiger partial charge in [-0.3, -0.25) is 0 Å².